The highest BCUT2D eigenvalue weighted by molar-refractivity contribution is 7.90. The van der Waals surface area contributed by atoms with Crippen molar-refractivity contribution in [3.8, 4) is 0 Å². The lowest BCUT2D eigenvalue weighted by Gasteiger charge is -2.39. The van der Waals surface area contributed by atoms with Crippen molar-refractivity contribution in [2.45, 2.75) is 36.8 Å². The summed E-state index contributed by atoms with van der Waals surface area (Å²) < 4.78 is 39.1. The molecule has 0 N–H and O–H groups in total. The van der Waals surface area contributed by atoms with E-state index in [4.69, 9.17) is 20.9 Å². The van der Waals surface area contributed by atoms with Crippen molar-refractivity contribution in [3.05, 3.63) is 52.4 Å². The van der Waals surface area contributed by atoms with E-state index >= 15 is 0 Å². The van der Waals surface area contributed by atoms with Gasteiger partial charge in [0.05, 0.1) is 12.6 Å². The maximum Gasteiger partial charge on any atom is 0.276 e. The summed E-state index contributed by atoms with van der Waals surface area (Å²) in [4.78, 5) is 14.5. The molecule has 2 bridgehead atoms. The van der Waals surface area contributed by atoms with Gasteiger partial charge in [0.1, 0.15) is 16.6 Å². The minimum absolute atomic E-state index is 0.212. The van der Waals surface area contributed by atoms with E-state index in [2.05, 4.69) is 5.16 Å². The Hall–Kier alpha value is -1.94. The van der Waals surface area contributed by atoms with Gasteiger partial charge in [-0.25, -0.2) is 8.42 Å². The van der Waals surface area contributed by atoms with Crippen LogP contribution in [0.15, 0.2) is 34.9 Å². The van der Waals surface area contributed by atoms with E-state index in [1.807, 2.05) is 6.07 Å². The summed E-state index contributed by atoms with van der Waals surface area (Å²) in [7, 11) is -3.56. The summed E-state index contributed by atoms with van der Waals surface area (Å²) in [5.41, 5.74) is 0.124. The van der Waals surface area contributed by atoms with Gasteiger partial charge in [-0.05, 0) is 31.0 Å². The molecule has 3 fully saturated rings. The van der Waals surface area contributed by atoms with Crippen LogP contribution in [0, 0.1) is 6.92 Å². The number of rotatable bonds is 3. The number of amides is 1. The van der Waals surface area contributed by atoms with Crippen LogP contribution < -0.4 is 0 Å². The molecule has 3 aliphatic rings. The van der Waals surface area contributed by atoms with E-state index in [-0.39, 0.29) is 37.3 Å². The Morgan fingerprint density at radius 2 is 2.17 bits per heavy atom. The van der Waals surface area contributed by atoms with Gasteiger partial charge in [-0.15, -0.1) is 0 Å². The zero-order chi connectivity index (χ0) is 20.4. The van der Waals surface area contributed by atoms with Crippen LogP contribution in [0.4, 0.5) is 0 Å². The molecule has 1 amide bonds. The Morgan fingerprint density at radius 3 is 2.90 bits per heavy atom. The van der Waals surface area contributed by atoms with Crippen molar-refractivity contribution in [2.75, 3.05) is 19.6 Å². The summed E-state index contributed by atoms with van der Waals surface area (Å²) in [6, 6.07) is 8.75. The smallest absolute Gasteiger partial charge is 0.276 e. The average molecular weight is 438 g/mol. The van der Waals surface area contributed by atoms with Gasteiger partial charge in [-0.1, -0.05) is 28.9 Å². The standard InChI is InChI=1S/C19H20ClN3O5S/c1-12-5-16(21-28-12)18(24)22-9-15-7-17-19(10-22,27-15)11-23(29(17,25)26)8-13-3-2-4-14(20)6-13/h2-6,15,17H,7-11H2,1H3/t15-,17+,19+/m1/s1. The van der Waals surface area contributed by atoms with Crippen molar-refractivity contribution in [1.82, 2.24) is 14.4 Å². The molecule has 154 valence electrons. The lowest BCUT2D eigenvalue weighted by molar-refractivity contribution is -0.0981. The number of morpholine rings is 1. The number of hydrogen-bond donors (Lipinski definition) is 0. The minimum Gasteiger partial charge on any atom is -0.365 e. The van der Waals surface area contributed by atoms with Gasteiger partial charge < -0.3 is 14.2 Å². The van der Waals surface area contributed by atoms with Crippen molar-refractivity contribution in [3.63, 3.8) is 0 Å². The number of likely N-dealkylation sites (tertiary alicyclic amines) is 1. The first kappa shape index (κ1) is 19.0. The molecule has 1 aromatic heterocycles. The molecular weight excluding hydrogens is 418 g/mol. The molecule has 1 aromatic carbocycles. The monoisotopic (exact) mass is 437 g/mol. The summed E-state index contributed by atoms with van der Waals surface area (Å²) >= 11 is 6.04. The van der Waals surface area contributed by atoms with Crippen molar-refractivity contribution in [2.24, 2.45) is 0 Å². The number of nitrogens with zero attached hydrogens (tertiary/aromatic N) is 3. The van der Waals surface area contributed by atoms with Crippen molar-refractivity contribution in [1.29, 1.82) is 0 Å². The minimum atomic E-state index is -3.56. The normalized spacial score (nSPS) is 30.5. The van der Waals surface area contributed by atoms with Crippen molar-refractivity contribution >= 4 is 27.5 Å². The van der Waals surface area contributed by atoms with Gasteiger partial charge in [-0.3, -0.25) is 4.79 Å². The molecule has 4 heterocycles. The summed E-state index contributed by atoms with van der Waals surface area (Å²) in [6.07, 6.45) is 0.0875. The largest absolute Gasteiger partial charge is 0.365 e. The summed E-state index contributed by atoms with van der Waals surface area (Å²) in [5, 5.41) is 3.71. The lowest BCUT2D eigenvalue weighted by atomic mass is 9.99. The zero-order valence-electron chi connectivity index (χ0n) is 15.7. The predicted molar refractivity (Wildman–Crippen MR) is 104 cm³/mol. The topological polar surface area (TPSA) is 93.0 Å². The third-order valence-corrected chi connectivity index (χ3v) is 8.45. The SMILES string of the molecule is Cc1cc(C(=O)N2C[C@H]3C[C@H]4[C@](C2)(CN(Cc2cccc(Cl)c2)S4(=O)=O)O3)no1. The second kappa shape index (κ2) is 6.53. The number of aromatic nitrogens is 1. The highest BCUT2D eigenvalue weighted by Gasteiger charge is 2.65. The van der Waals surface area contributed by atoms with Gasteiger partial charge >= 0.3 is 0 Å². The van der Waals surface area contributed by atoms with Crippen LogP contribution in [0.3, 0.4) is 0 Å². The number of sulfonamides is 1. The number of ether oxygens (including phenoxy) is 1. The third kappa shape index (κ3) is 3.07. The molecule has 3 aliphatic heterocycles. The van der Waals surface area contributed by atoms with E-state index < -0.39 is 20.9 Å². The second-order valence-corrected chi connectivity index (χ2v) is 10.5. The van der Waals surface area contributed by atoms with Crippen LogP contribution in [0.2, 0.25) is 5.02 Å². The van der Waals surface area contributed by atoms with Crippen LogP contribution in [0.25, 0.3) is 0 Å². The fourth-order valence-electron chi connectivity index (χ4n) is 4.71. The molecule has 8 nitrogen and oxygen atoms in total. The second-order valence-electron chi connectivity index (χ2n) is 7.98. The Labute approximate surface area is 173 Å². The average Bonchev–Trinajstić information content (AvgIpc) is 3.26. The van der Waals surface area contributed by atoms with Gasteiger partial charge in [0, 0.05) is 30.7 Å². The van der Waals surface area contributed by atoms with Crippen LogP contribution in [-0.4, -0.2) is 65.3 Å². The van der Waals surface area contributed by atoms with E-state index in [9.17, 15) is 13.2 Å². The maximum absolute atomic E-state index is 13.2. The van der Waals surface area contributed by atoms with Gasteiger partial charge in [-0.2, -0.15) is 4.31 Å². The maximum atomic E-state index is 13.2. The van der Waals surface area contributed by atoms with Gasteiger partial charge in [0.25, 0.3) is 5.91 Å². The van der Waals surface area contributed by atoms with Gasteiger partial charge in [0.2, 0.25) is 10.0 Å². The number of halogens is 1. The number of benzene rings is 1. The predicted octanol–water partition coefficient (Wildman–Crippen LogP) is 1.83. The number of fused-ring (bicyclic) bond motifs is 1. The third-order valence-electron chi connectivity index (χ3n) is 5.89. The van der Waals surface area contributed by atoms with Crippen LogP contribution in [0.1, 0.15) is 28.2 Å². The molecule has 3 saturated heterocycles. The number of carbonyl (C=O) groups is 1. The molecule has 1 spiro atoms. The molecule has 3 atom stereocenters. The van der Waals surface area contributed by atoms with Crippen molar-refractivity contribution < 1.29 is 22.5 Å². The first-order valence-electron chi connectivity index (χ1n) is 9.41. The fraction of sp³-hybridized carbons (Fsp3) is 0.474. The highest BCUT2D eigenvalue weighted by Crippen LogP contribution is 2.47. The molecule has 10 heteroatoms. The fourth-order valence-corrected chi connectivity index (χ4v) is 7.22. The van der Waals surface area contributed by atoms with Gasteiger partial charge in [0.15, 0.2) is 5.69 Å². The van der Waals surface area contributed by atoms with E-state index in [0.717, 1.165) is 5.56 Å². The highest BCUT2D eigenvalue weighted by atomic mass is 35.5. The lowest BCUT2D eigenvalue weighted by Crippen LogP contribution is -2.56. The Balaban J connectivity index is 1.41. The van der Waals surface area contributed by atoms with E-state index in [0.29, 0.717) is 23.7 Å². The van der Waals surface area contributed by atoms with E-state index in [1.54, 1.807) is 36.1 Å². The molecule has 0 unspecified atom stereocenters. The first-order chi connectivity index (χ1) is 13.8. The number of carbonyl (C=O) groups excluding carboxylic acids is 1. The number of aryl methyl sites for hydroxylation is 1. The quantitative estimate of drug-likeness (QED) is 0.727. The molecule has 2 aromatic rings. The Bertz CT molecular complexity index is 1090. The molecular formula is C19H20ClN3O5S. The first-order valence-corrected chi connectivity index (χ1v) is 11.3. The van der Waals surface area contributed by atoms with E-state index in [1.165, 1.54) is 4.31 Å². The van der Waals surface area contributed by atoms with Crippen LogP contribution in [-0.2, 0) is 21.3 Å². The summed E-state index contributed by atoms with van der Waals surface area (Å²) in [5.74, 6) is 0.289. The molecule has 5 rings (SSSR count). The molecule has 0 aliphatic carbocycles. The Kier molecular flexibility index (Phi) is 4.29. The molecule has 0 radical (unpaired) electrons. The van der Waals surface area contributed by atoms with Crippen LogP contribution in [0.5, 0.6) is 0 Å². The summed E-state index contributed by atoms with van der Waals surface area (Å²) in [6.45, 7) is 2.73. The Morgan fingerprint density at radius 1 is 1.34 bits per heavy atom. The molecule has 29 heavy (non-hydrogen) atoms. The molecule has 0 saturated carbocycles. The number of hydrogen-bond acceptors (Lipinski definition) is 6. The van der Waals surface area contributed by atoms with Crippen LogP contribution >= 0.6 is 11.6 Å². The zero-order valence-corrected chi connectivity index (χ0v) is 17.3.